The van der Waals surface area contributed by atoms with E-state index < -0.39 is 0 Å². The molecule has 0 bridgehead atoms. The van der Waals surface area contributed by atoms with E-state index in [1.54, 1.807) is 12.1 Å². The van der Waals surface area contributed by atoms with Crippen molar-refractivity contribution in [2.24, 2.45) is 0 Å². The minimum absolute atomic E-state index is 0.320. The monoisotopic (exact) mass is 218 g/mol. The van der Waals surface area contributed by atoms with Gasteiger partial charge in [-0.15, -0.1) is 0 Å². The van der Waals surface area contributed by atoms with E-state index in [0.29, 0.717) is 5.75 Å². The number of hydrogen-bond acceptors (Lipinski definition) is 1. The first kappa shape index (κ1) is 7.69. The Morgan fingerprint density at radius 1 is 1.08 bits per heavy atom. The number of phenolic OH excluding ortho intramolecular Hbond substituents is 1. The number of phenols is 1. The molecule has 58 valence electrons. The second-order valence-corrected chi connectivity index (χ2v) is 3.69. The van der Waals surface area contributed by atoms with Crippen molar-refractivity contribution < 1.29 is 5.11 Å². The summed E-state index contributed by atoms with van der Waals surface area (Å²) in [4.78, 5) is 0. The molecule has 0 amide bonds. The second kappa shape index (κ2) is 2.84. The summed E-state index contributed by atoms with van der Waals surface area (Å²) in [6, 6.07) is 11.5. The van der Waals surface area contributed by atoms with E-state index in [1.165, 1.54) is 0 Å². The number of fused-ring (bicyclic) bond motifs is 1. The Kier molecular flexibility index (Phi) is 1.82. The van der Waals surface area contributed by atoms with Crippen LogP contribution in [0, 0.1) is 0 Å². The number of aromatic hydroxyl groups is 1. The number of hydrogen-bond donors (Lipinski definition) is 1. The van der Waals surface area contributed by atoms with Crippen LogP contribution in [0.15, 0.2) is 36.4 Å². The zero-order valence-electron chi connectivity index (χ0n) is 6.36. The zero-order chi connectivity index (χ0) is 8.55. The molecule has 1 nitrogen and oxygen atoms in total. The van der Waals surface area contributed by atoms with Crippen molar-refractivity contribution in [2.75, 3.05) is 0 Å². The van der Waals surface area contributed by atoms with Crippen molar-refractivity contribution in [1.29, 1.82) is 0 Å². The maximum atomic E-state index is 9.25. The fourth-order valence-electron chi connectivity index (χ4n) is 1.24. The SMILES string of the molecule is Oc1ccc2cccc([As])c2c1. The first-order valence-corrected chi connectivity index (χ1v) is 4.62. The van der Waals surface area contributed by atoms with Crippen LogP contribution in [0.5, 0.6) is 5.75 Å². The van der Waals surface area contributed by atoms with Gasteiger partial charge in [0.25, 0.3) is 0 Å². The van der Waals surface area contributed by atoms with Gasteiger partial charge in [0, 0.05) is 0 Å². The second-order valence-electron chi connectivity index (χ2n) is 2.68. The summed E-state index contributed by atoms with van der Waals surface area (Å²) >= 11 is 2.50. The van der Waals surface area contributed by atoms with Crippen molar-refractivity contribution in [3.63, 3.8) is 0 Å². The molecule has 0 heterocycles. The Labute approximate surface area is 79.5 Å². The van der Waals surface area contributed by atoms with Crippen LogP contribution in [0.2, 0.25) is 0 Å². The summed E-state index contributed by atoms with van der Waals surface area (Å²) in [5.41, 5.74) is 0. The van der Waals surface area contributed by atoms with Crippen LogP contribution in [0.3, 0.4) is 0 Å². The van der Waals surface area contributed by atoms with E-state index >= 15 is 0 Å². The summed E-state index contributed by atoms with van der Waals surface area (Å²) in [6.07, 6.45) is 0. The summed E-state index contributed by atoms with van der Waals surface area (Å²) in [5.74, 6) is 0.320. The molecule has 0 saturated heterocycles. The van der Waals surface area contributed by atoms with Gasteiger partial charge in [-0.3, -0.25) is 0 Å². The van der Waals surface area contributed by atoms with Crippen LogP contribution < -0.4 is 4.35 Å². The molecule has 0 fully saturated rings. The van der Waals surface area contributed by atoms with Crippen molar-refractivity contribution in [3.8, 4) is 5.75 Å². The van der Waals surface area contributed by atoms with Crippen LogP contribution in [-0.2, 0) is 0 Å². The molecular weight excluding hydrogens is 211 g/mol. The minimum atomic E-state index is 0.320. The summed E-state index contributed by atoms with van der Waals surface area (Å²) < 4.78 is 1.14. The normalized spacial score (nSPS) is 10.4. The molecule has 2 aromatic carbocycles. The standard InChI is InChI=1S/C10H7AsO/c11-10-3-1-2-7-4-5-8(12)6-9(7)10/h1-6,12H. The van der Waals surface area contributed by atoms with Crippen LogP contribution in [0.4, 0.5) is 0 Å². The maximum absolute atomic E-state index is 9.25. The molecule has 2 aromatic rings. The third kappa shape index (κ3) is 1.21. The van der Waals surface area contributed by atoms with E-state index in [2.05, 4.69) is 16.9 Å². The Bertz CT molecular complexity index is 423. The van der Waals surface area contributed by atoms with E-state index in [-0.39, 0.29) is 0 Å². The van der Waals surface area contributed by atoms with Gasteiger partial charge in [-0.2, -0.15) is 0 Å². The van der Waals surface area contributed by atoms with Crippen molar-refractivity contribution >= 4 is 32.0 Å². The molecule has 0 unspecified atom stereocenters. The molecule has 12 heavy (non-hydrogen) atoms. The molecule has 0 atom stereocenters. The summed E-state index contributed by atoms with van der Waals surface area (Å²) in [5, 5.41) is 11.5. The number of benzene rings is 2. The predicted octanol–water partition coefficient (Wildman–Crippen LogP) is 1.34. The fourth-order valence-corrected chi connectivity index (χ4v) is 1.83. The van der Waals surface area contributed by atoms with E-state index in [1.807, 2.05) is 24.3 Å². The van der Waals surface area contributed by atoms with Gasteiger partial charge in [0.2, 0.25) is 0 Å². The van der Waals surface area contributed by atoms with Gasteiger partial charge < -0.3 is 0 Å². The van der Waals surface area contributed by atoms with Gasteiger partial charge in [0.1, 0.15) is 0 Å². The van der Waals surface area contributed by atoms with E-state index in [9.17, 15) is 5.11 Å². The Balaban J connectivity index is 2.88. The van der Waals surface area contributed by atoms with Crippen LogP contribution in [0.1, 0.15) is 0 Å². The predicted molar refractivity (Wildman–Crippen MR) is 51.0 cm³/mol. The molecule has 0 saturated carbocycles. The average Bonchev–Trinajstić information content (AvgIpc) is 2.07. The fraction of sp³-hybridized carbons (Fsp3) is 0. The molecule has 0 aliphatic carbocycles. The molecule has 0 spiro atoms. The molecule has 0 aliphatic rings. The van der Waals surface area contributed by atoms with Gasteiger partial charge in [0.05, 0.1) is 0 Å². The van der Waals surface area contributed by atoms with Crippen molar-refractivity contribution in [2.45, 2.75) is 0 Å². The molecule has 1 N–H and O–H groups in total. The first-order chi connectivity index (χ1) is 5.77. The van der Waals surface area contributed by atoms with E-state index in [4.69, 9.17) is 0 Å². The molecule has 2 radical (unpaired) electrons. The Morgan fingerprint density at radius 3 is 2.75 bits per heavy atom. The first-order valence-electron chi connectivity index (χ1n) is 3.68. The van der Waals surface area contributed by atoms with Crippen LogP contribution in [0.25, 0.3) is 10.8 Å². The van der Waals surface area contributed by atoms with Gasteiger partial charge in [-0.1, -0.05) is 0 Å². The van der Waals surface area contributed by atoms with Gasteiger partial charge >= 0.3 is 79.2 Å². The molecule has 2 rings (SSSR count). The van der Waals surface area contributed by atoms with E-state index in [0.717, 1.165) is 15.1 Å². The third-order valence-electron chi connectivity index (χ3n) is 1.84. The topological polar surface area (TPSA) is 20.2 Å². The Morgan fingerprint density at radius 2 is 1.92 bits per heavy atom. The molecule has 0 aromatic heterocycles. The average molecular weight is 218 g/mol. The van der Waals surface area contributed by atoms with Gasteiger partial charge in [-0.25, -0.2) is 0 Å². The zero-order valence-corrected chi connectivity index (χ0v) is 8.24. The van der Waals surface area contributed by atoms with Crippen molar-refractivity contribution in [1.82, 2.24) is 0 Å². The molecule has 2 heteroatoms. The van der Waals surface area contributed by atoms with Crippen LogP contribution >= 0.6 is 0 Å². The number of rotatable bonds is 0. The summed E-state index contributed by atoms with van der Waals surface area (Å²) in [7, 11) is 0. The van der Waals surface area contributed by atoms with Crippen molar-refractivity contribution in [3.05, 3.63) is 36.4 Å². The third-order valence-corrected chi connectivity index (χ3v) is 2.66. The Hall–Kier alpha value is -0.942. The van der Waals surface area contributed by atoms with Gasteiger partial charge in [0.15, 0.2) is 0 Å². The van der Waals surface area contributed by atoms with Gasteiger partial charge in [-0.05, 0) is 0 Å². The molecule has 0 aliphatic heterocycles. The summed E-state index contributed by atoms with van der Waals surface area (Å²) in [6.45, 7) is 0. The molecular formula is C10H7AsO. The quantitative estimate of drug-likeness (QED) is 0.661. The van der Waals surface area contributed by atoms with Crippen LogP contribution in [-0.4, -0.2) is 22.0 Å².